The Morgan fingerprint density at radius 3 is 2.84 bits per heavy atom. The molecule has 3 heteroatoms. The van der Waals surface area contributed by atoms with Gasteiger partial charge in [0.2, 0.25) is 0 Å². The summed E-state index contributed by atoms with van der Waals surface area (Å²) in [6, 6.07) is 4.49. The van der Waals surface area contributed by atoms with Crippen LogP contribution >= 0.6 is 15.9 Å². The Morgan fingerprint density at radius 1 is 1.37 bits per heavy atom. The van der Waals surface area contributed by atoms with E-state index in [2.05, 4.69) is 39.2 Å². The third kappa shape index (κ3) is 4.57. The van der Waals surface area contributed by atoms with E-state index in [9.17, 15) is 0 Å². The minimum atomic E-state index is 0.402. The molecule has 1 fully saturated rings. The first kappa shape index (κ1) is 15.0. The molecule has 1 unspecified atom stereocenters. The highest BCUT2D eigenvalue weighted by Gasteiger charge is 2.22. The molecule has 1 N–H and O–H groups in total. The zero-order valence-corrected chi connectivity index (χ0v) is 13.5. The van der Waals surface area contributed by atoms with Gasteiger partial charge < -0.3 is 5.32 Å². The molecule has 1 atom stereocenters. The number of hydrogen-bond acceptors (Lipinski definition) is 2. The molecule has 0 aromatic carbocycles. The van der Waals surface area contributed by atoms with Gasteiger partial charge in [0.15, 0.2) is 0 Å². The van der Waals surface area contributed by atoms with E-state index in [0.29, 0.717) is 6.04 Å². The number of halogens is 1. The van der Waals surface area contributed by atoms with E-state index < -0.39 is 0 Å². The van der Waals surface area contributed by atoms with Crippen molar-refractivity contribution >= 4 is 15.9 Å². The highest BCUT2D eigenvalue weighted by molar-refractivity contribution is 9.10. The molecule has 0 radical (unpaired) electrons. The molecule has 1 aromatic heterocycles. The van der Waals surface area contributed by atoms with Gasteiger partial charge in [-0.15, -0.1) is 0 Å². The van der Waals surface area contributed by atoms with Crippen LogP contribution in [0.4, 0.5) is 0 Å². The predicted molar refractivity (Wildman–Crippen MR) is 84.2 cm³/mol. The Kier molecular flexibility index (Phi) is 6.32. The fraction of sp³-hybridized carbons (Fsp3) is 0.688. The van der Waals surface area contributed by atoms with Crippen LogP contribution in [-0.4, -0.2) is 11.5 Å². The van der Waals surface area contributed by atoms with Crippen LogP contribution in [0.1, 0.15) is 63.6 Å². The molecular weight excluding hydrogens is 300 g/mol. The summed E-state index contributed by atoms with van der Waals surface area (Å²) in [5.41, 5.74) is 1.18. The van der Waals surface area contributed by atoms with Gasteiger partial charge >= 0.3 is 0 Å². The second kappa shape index (κ2) is 8.01. The SMILES string of the molecule is CCCNC(CC1CCCCC1)c1ncccc1Br. The van der Waals surface area contributed by atoms with Crippen LogP contribution in [0.5, 0.6) is 0 Å². The van der Waals surface area contributed by atoms with Crippen LogP contribution in [0.3, 0.4) is 0 Å². The van der Waals surface area contributed by atoms with E-state index in [-0.39, 0.29) is 0 Å². The smallest absolute Gasteiger partial charge is 0.0714 e. The summed E-state index contributed by atoms with van der Waals surface area (Å²) in [5, 5.41) is 3.68. The summed E-state index contributed by atoms with van der Waals surface area (Å²) in [6.07, 6.45) is 11.4. The van der Waals surface area contributed by atoms with Crippen LogP contribution in [-0.2, 0) is 0 Å². The van der Waals surface area contributed by atoms with Gasteiger partial charge in [-0.2, -0.15) is 0 Å². The number of rotatable bonds is 6. The van der Waals surface area contributed by atoms with Crippen molar-refractivity contribution in [2.75, 3.05) is 6.54 Å². The molecular formula is C16H25BrN2. The highest BCUT2D eigenvalue weighted by atomic mass is 79.9. The third-order valence-corrected chi connectivity index (χ3v) is 4.72. The van der Waals surface area contributed by atoms with Gasteiger partial charge in [0.1, 0.15) is 0 Å². The maximum atomic E-state index is 4.59. The van der Waals surface area contributed by atoms with Crippen LogP contribution in [0.25, 0.3) is 0 Å². The molecule has 0 saturated heterocycles. The molecule has 0 aliphatic heterocycles. The molecule has 2 rings (SSSR count). The van der Waals surface area contributed by atoms with E-state index in [1.807, 2.05) is 12.3 Å². The first-order valence-corrected chi connectivity index (χ1v) is 8.44. The van der Waals surface area contributed by atoms with Gasteiger partial charge in [-0.05, 0) is 53.4 Å². The van der Waals surface area contributed by atoms with Crippen molar-refractivity contribution < 1.29 is 0 Å². The predicted octanol–water partition coefficient (Wildman–Crippen LogP) is 4.86. The second-order valence-electron chi connectivity index (χ2n) is 5.62. The largest absolute Gasteiger partial charge is 0.309 e. The Bertz CT molecular complexity index is 375. The van der Waals surface area contributed by atoms with Crippen molar-refractivity contribution in [1.29, 1.82) is 0 Å². The molecule has 106 valence electrons. The minimum Gasteiger partial charge on any atom is -0.309 e. The maximum Gasteiger partial charge on any atom is 0.0714 e. The number of pyridine rings is 1. The van der Waals surface area contributed by atoms with Gasteiger partial charge in [0.25, 0.3) is 0 Å². The van der Waals surface area contributed by atoms with Crippen molar-refractivity contribution in [3.8, 4) is 0 Å². The van der Waals surface area contributed by atoms with E-state index in [1.54, 1.807) is 0 Å². The van der Waals surface area contributed by atoms with Crippen molar-refractivity contribution in [3.05, 3.63) is 28.5 Å². The van der Waals surface area contributed by atoms with E-state index >= 15 is 0 Å². The molecule has 0 bridgehead atoms. The zero-order valence-electron chi connectivity index (χ0n) is 11.9. The lowest BCUT2D eigenvalue weighted by Gasteiger charge is -2.27. The van der Waals surface area contributed by atoms with Crippen LogP contribution in [0.15, 0.2) is 22.8 Å². The molecule has 1 heterocycles. The molecule has 1 aliphatic carbocycles. The zero-order chi connectivity index (χ0) is 13.5. The van der Waals surface area contributed by atoms with Gasteiger partial charge in [0.05, 0.1) is 11.7 Å². The number of aromatic nitrogens is 1. The highest BCUT2D eigenvalue weighted by Crippen LogP contribution is 2.33. The summed E-state index contributed by atoms with van der Waals surface area (Å²) >= 11 is 3.65. The quantitative estimate of drug-likeness (QED) is 0.808. The van der Waals surface area contributed by atoms with Crippen LogP contribution < -0.4 is 5.32 Å². The maximum absolute atomic E-state index is 4.59. The lowest BCUT2D eigenvalue weighted by Crippen LogP contribution is -2.26. The molecule has 0 amide bonds. The second-order valence-corrected chi connectivity index (χ2v) is 6.47. The topological polar surface area (TPSA) is 24.9 Å². The van der Waals surface area contributed by atoms with Gasteiger partial charge in [-0.25, -0.2) is 0 Å². The first-order valence-electron chi connectivity index (χ1n) is 7.65. The van der Waals surface area contributed by atoms with E-state index in [4.69, 9.17) is 0 Å². The molecule has 2 nitrogen and oxygen atoms in total. The number of nitrogens with one attached hydrogen (secondary N) is 1. The van der Waals surface area contributed by atoms with Crippen molar-refractivity contribution in [1.82, 2.24) is 10.3 Å². The molecule has 19 heavy (non-hydrogen) atoms. The Morgan fingerprint density at radius 2 is 2.16 bits per heavy atom. The average Bonchev–Trinajstić information content (AvgIpc) is 2.45. The van der Waals surface area contributed by atoms with Crippen molar-refractivity contribution in [2.24, 2.45) is 5.92 Å². The average molecular weight is 325 g/mol. The monoisotopic (exact) mass is 324 g/mol. The fourth-order valence-electron chi connectivity index (χ4n) is 3.02. The summed E-state index contributed by atoms with van der Waals surface area (Å²) < 4.78 is 1.14. The summed E-state index contributed by atoms with van der Waals surface area (Å²) in [5.74, 6) is 0.872. The van der Waals surface area contributed by atoms with Gasteiger partial charge in [0, 0.05) is 10.7 Å². The molecule has 1 saturated carbocycles. The van der Waals surface area contributed by atoms with Crippen molar-refractivity contribution in [2.45, 2.75) is 57.9 Å². The normalized spacial score (nSPS) is 18.4. The van der Waals surface area contributed by atoms with Gasteiger partial charge in [-0.3, -0.25) is 4.98 Å². The molecule has 1 aliphatic rings. The third-order valence-electron chi connectivity index (χ3n) is 4.05. The van der Waals surface area contributed by atoms with Crippen LogP contribution in [0, 0.1) is 5.92 Å². The number of nitrogens with zero attached hydrogens (tertiary/aromatic N) is 1. The Labute approximate surface area is 125 Å². The number of hydrogen-bond donors (Lipinski definition) is 1. The minimum absolute atomic E-state index is 0.402. The lowest BCUT2D eigenvalue weighted by atomic mass is 9.84. The molecule has 1 aromatic rings. The Balaban J connectivity index is 2.04. The lowest BCUT2D eigenvalue weighted by molar-refractivity contribution is 0.297. The van der Waals surface area contributed by atoms with Crippen LogP contribution in [0.2, 0.25) is 0 Å². The summed E-state index contributed by atoms with van der Waals surface area (Å²) in [4.78, 5) is 4.59. The fourth-order valence-corrected chi connectivity index (χ4v) is 3.55. The summed E-state index contributed by atoms with van der Waals surface area (Å²) in [6.45, 7) is 3.29. The standard InChI is InChI=1S/C16H25BrN2/c1-2-10-18-15(12-13-7-4-3-5-8-13)16-14(17)9-6-11-19-16/h6,9,11,13,15,18H,2-5,7-8,10,12H2,1H3. The van der Waals surface area contributed by atoms with Gasteiger partial charge in [-0.1, -0.05) is 39.0 Å². The Hall–Kier alpha value is -0.410. The summed E-state index contributed by atoms with van der Waals surface area (Å²) in [7, 11) is 0. The van der Waals surface area contributed by atoms with E-state index in [1.165, 1.54) is 50.6 Å². The first-order chi connectivity index (χ1) is 9.31. The van der Waals surface area contributed by atoms with E-state index in [0.717, 1.165) is 16.9 Å². The molecule has 0 spiro atoms. The van der Waals surface area contributed by atoms with Crippen molar-refractivity contribution in [3.63, 3.8) is 0 Å².